The predicted octanol–water partition coefficient (Wildman–Crippen LogP) is 4.08. The number of benzene rings is 1. The van der Waals surface area contributed by atoms with E-state index in [2.05, 4.69) is 6.58 Å². The van der Waals surface area contributed by atoms with E-state index in [1.807, 2.05) is 29.5 Å². The van der Waals surface area contributed by atoms with Gasteiger partial charge in [-0.2, -0.15) is 0 Å². The molecule has 0 aliphatic carbocycles. The van der Waals surface area contributed by atoms with E-state index in [-0.39, 0.29) is 23.2 Å². The Labute approximate surface area is 138 Å². The van der Waals surface area contributed by atoms with Crippen molar-refractivity contribution in [2.24, 2.45) is 0 Å². The van der Waals surface area contributed by atoms with Crippen LogP contribution >= 0.6 is 22.6 Å². The number of alkyl halides is 1. The molecule has 0 bridgehead atoms. The van der Waals surface area contributed by atoms with Gasteiger partial charge in [0.05, 0.1) is 0 Å². The van der Waals surface area contributed by atoms with Gasteiger partial charge in [-0.05, 0) is 32.4 Å². The largest absolute Gasteiger partial charge is 0.508 e. The Kier molecular flexibility index (Phi) is 5.83. The molecule has 114 valence electrons. The van der Waals surface area contributed by atoms with E-state index >= 15 is 0 Å². The number of phenols is 2. The first-order chi connectivity index (χ1) is 9.72. The molecule has 0 radical (unpaired) electrons. The van der Waals surface area contributed by atoms with E-state index in [0.29, 0.717) is 17.5 Å². The number of allylic oxidation sites excluding steroid dienone is 2. The summed E-state index contributed by atoms with van der Waals surface area (Å²) in [6, 6.07) is 2.68. The van der Waals surface area contributed by atoms with Crippen LogP contribution in [0.4, 0.5) is 0 Å². The number of aromatic hydroxyl groups is 2. The van der Waals surface area contributed by atoms with E-state index in [1.54, 1.807) is 13.8 Å². The molecule has 21 heavy (non-hydrogen) atoms. The quantitative estimate of drug-likeness (QED) is 0.256. The summed E-state index contributed by atoms with van der Waals surface area (Å²) in [6.07, 6.45) is 3.64. The molecule has 0 aromatic heterocycles. The van der Waals surface area contributed by atoms with Gasteiger partial charge in [0.25, 0.3) is 0 Å². The second kappa shape index (κ2) is 6.98. The van der Waals surface area contributed by atoms with Crippen molar-refractivity contribution in [3.63, 3.8) is 0 Å². The van der Waals surface area contributed by atoms with Crippen molar-refractivity contribution < 1.29 is 19.7 Å². The first-order valence-electron chi connectivity index (χ1n) is 6.49. The van der Waals surface area contributed by atoms with Crippen LogP contribution in [0, 0.1) is 6.92 Å². The molecule has 4 nitrogen and oxygen atoms in total. The minimum absolute atomic E-state index is 0.0660. The lowest BCUT2D eigenvalue weighted by Crippen LogP contribution is -2.29. The second-order valence-corrected chi connectivity index (χ2v) is 7.23. The van der Waals surface area contributed by atoms with Crippen LogP contribution in [0.25, 0.3) is 5.76 Å². The molecule has 1 rings (SSSR count). The Morgan fingerprint density at radius 3 is 2.62 bits per heavy atom. The Hall–Kier alpha value is -1.50. The fraction of sp³-hybridized carbons (Fsp3) is 0.312. The normalized spacial score (nSPS) is 14.4. The number of carbonyl (C=O) groups excluding carboxylic acids is 1. The topological polar surface area (TPSA) is 66.8 Å². The summed E-state index contributed by atoms with van der Waals surface area (Å²) in [7, 11) is 0. The standard InChI is InChI=1S/C16H19IO4/c1-5-7-14(21-15(20)16(4,17)6-2)12-8-11(18)9-13(19)10(12)3/h5,7-9,18-19H,1,6H2,2-4H3/b14-7+. The van der Waals surface area contributed by atoms with Crippen molar-refractivity contribution in [3.8, 4) is 11.5 Å². The average molecular weight is 402 g/mol. The summed E-state index contributed by atoms with van der Waals surface area (Å²) in [6.45, 7) is 8.96. The lowest BCUT2D eigenvalue weighted by Gasteiger charge is -2.20. The molecule has 0 spiro atoms. The van der Waals surface area contributed by atoms with Crippen LogP contribution in [0.2, 0.25) is 0 Å². The molecule has 0 heterocycles. The molecule has 0 amide bonds. The first kappa shape index (κ1) is 17.6. The zero-order valence-corrected chi connectivity index (χ0v) is 14.5. The maximum absolute atomic E-state index is 12.2. The van der Waals surface area contributed by atoms with Crippen molar-refractivity contribution in [1.82, 2.24) is 0 Å². The maximum atomic E-state index is 12.2. The van der Waals surface area contributed by atoms with Crippen LogP contribution in [-0.2, 0) is 9.53 Å². The SMILES string of the molecule is C=C/C=C(/OC(=O)C(C)(I)CC)c1cc(O)cc(O)c1C. The highest BCUT2D eigenvalue weighted by Crippen LogP contribution is 2.33. The molecule has 0 saturated carbocycles. The van der Waals surface area contributed by atoms with Gasteiger partial charge in [-0.3, -0.25) is 4.79 Å². The molecule has 2 N–H and O–H groups in total. The van der Waals surface area contributed by atoms with Crippen LogP contribution in [-0.4, -0.2) is 19.6 Å². The lowest BCUT2D eigenvalue weighted by molar-refractivity contribution is -0.138. The van der Waals surface area contributed by atoms with E-state index in [0.717, 1.165) is 0 Å². The molecular weight excluding hydrogens is 383 g/mol. The number of halogens is 1. The summed E-state index contributed by atoms with van der Waals surface area (Å²) in [4.78, 5) is 12.2. The summed E-state index contributed by atoms with van der Waals surface area (Å²) < 4.78 is 4.80. The molecule has 1 aromatic carbocycles. The second-order valence-electron chi connectivity index (χ2n) is 4.84. The molecule has 0 saturated heterocycles. The van der Waals surface area contributed by atoms with Crippen molar-refractivity contribution in [3.05, 3.63) is 42.0 Å². The monoisotopic (exact) mass is 402 g/mol. The third-order valence-electron chi connectivity index (χ3n) is 3.19. The van der Waals surface area contributed by atoms with Gasteiger partial charge in [-0.15, -0.1) is 0 Å². The fourth-order valence-corrected chi connectivity index (χ4v) is 1.69. The van der Waals surface area contributed by atoms with Gasteiger partial charge in [0, 0.05) is 17.2 Å². The number of phenolic OH excluding ortho intramolecular Hbond substituents is 2. The molecule has 1 atom stereocenters. The molecule has 0 aliphatic rings. The molecule has 1 aromatic rings. The number of hydrogen-bond acceptors (Lipinski definition) is 4. The number of rotatable bonds is 5. The van der Waals surface area contributed by atoms with Gasteiger partial charge < -0.3 is 14.9 Å². The number of esters is 1. The Bertz CT molecular complexity index is 588. The third-order valence-corrected chi connectivity index (χ3v) is 4.40. The van der Waals surface area contributed by atoms with Crippen LogP contribution in [0.15, 0.2) is 30.9 Å². The highest BCUT2D eigenvalue weighted by Gasteiger charge is 2.31. The predicted molar refractivity (Wildman–Crippen MR) is 91.5 cm³/mol. The number of hydrogen-bond donors (Lipinski definition) is 2. The minimum atomic E-state index is -0.648. The number of ether oxygens (including phenoxy) is 1. The van der Waals surface area contributed by atoms with Crippen molar-refractivity contribution in [2.75, 3.05) is 0 Å². The lowest BCUT2D eigenvalue weighted by atomic mass is 10.0. The van der Waals surface area contributed by atoms with Gasteiger partial charge in [0.1, 0.15) is 20.7 Å². The first-order valence-corrected chi connectivity index (χ1v) is 7.57. The molecule has 0 aliphatic heterocycles. The highest BCUT2D eigenvalue weighted by molar-refractivity contribution is 14.1. The molecule has 0 fully saturated rings. The van der Waals surface area contributed by atoms with E-state index in [9.17, 15) is 15.0 Å². The molecular formula is C16H19IO4. The van der Waals surface area contributed by atoms with Crippen LogP contribution in [0.3, 0.4) is 0 Å². The van der Waals surface area contributed by atoms with Crippen LogP contribution in [0.5, 0.6) is 11.5 Å². The average Bonchev–Trinajstić information content (AvgIpc) is 2.42. The van der Waals surface area contributed by atoms with Gasteiger partial charge in [0.2, 0.25) is 0 Å². The Morgan fingerprint density at radius 2 is 2.10 bits per heavy atom. The van der Waals surface area contributed by atoms with Crippen molar-refractivity contribution >= 4 is 34.3 Å². The van der Waals surface area contributed by atoms with Crippen LogP contribution in [0.1, 0.15) is 31.4 Å². The number of carbonyl (C=O) groups is 1. The summed E-state index contributed by atoms with van der Waals surface area (Å²) in [5, 5.41) is 19.4. The third kappa shape index (κ3) is 4.23. The fourth-order valence-electron chi connectivity index (χ4n) is 1.58. The molecule has 1 unspecified atom stereocenters. The zero-order valence-electron chi connectivity index (χ0n) is 12.3. The Balaban J connectivity index is 3.25. The van der Waals surface area contributed by atoms with Gasteiger partial charge >= 0.3 is 5.97 Å². The van der Waals surface area contributed by atoms with E-state index in [4.69, 9.17) is 4.74 Å². The van der Waals surface area contributed by atoms with Gasteiger partial charge in [0.15, 0.2) is 0 Å². The van der Waals surface area contributed by atoms with Gasteiger partial charge in [-0.25, -0.2) is 0 Å². The van der Waals surface area contributed by atoms with Crippen molar-refractivity contribution in [2.45, 2.75) is 30.6 Å². The minimum Gasteiger partial charge on any atom is -0.508 e. The summed E-state index contributed by atoms with van der Waals surface area (Å²) in [5.74, 6) is -0.313. The van der Waals surface area contributed by atoms with Gasteiger partial charge in [-0.1, -0.05) is 42.2 Å². The van der Waals surface area contributed by atoms with Crippen molar-refractivity contribution in [1.29, 1.82) is 0 Å². The molecule has 5 heteroatoms. The maximum Gasteiger partial charge on any atom is 0.327 e. The van der Waals surface area contributed by atoms with E-state index in [1.165, 1.54) is 24.3 Å². The zero-order chi connectivity index (χ0) is 16.2. The summed E-state index contributed by atoms with van der Waals surface area (Å²) >= 11 is 2.04. The van der Waals surface area contributed by atoms with E-state index < -0.39 is 3.42 Å². The highest BCUT2D eigenvalue weighted by atomic mass is 127. The van der Waals surface area contributed by atoms with Crippen LogP contribution < -0.4 is 0 Å². The Morgan fingerprint density at radius 1 is 1.48 bits per heavy atom. The smallest absolute Gasteiger partial charge is 0.327 e. The summed E-state index contributed by atoms with van der Waals surface area (Å²) in [5.41, 5.74) is 0.962.